The van der Waals surface area contributed by atoms with Crippen molar-refractivity contribution in [1.29, 1.82) is 0 Å². The molecule has 5 nitrogen and oxygen atoms in total. The Morgan fingerprint density at radius 2 is 1.88 bits per heavy atom. The summed E-state index contributed by atoms with van der Waals surface area (Å²) >= 11 is 12.4. The predicted octanol–water partition coefficient (Wildman–Crippen LogP) is 3.86. The first-order valence-corrected chi connectivity index (χ1v) is 8.19. The maximum Gasteiger partial charge on any atom is 0.341 e. The third-order valence-electron chi connectivity index (χ3n) is 4.38. The number of fused-ring (bicyclic) bond motifs is 1. The summed E-state index contributed by atoms with van der Waals surface area (Å²) in [7, 11) is 0. The van der Waals surface area contributed by atoms with Gasteiger partial charge in [0, 0.05) is 5.56 Å². The van der Waals surface area contributed by atoms with Gasteiger partial charge in [0.15, 0.2) is 12.4 Å². The summed E-state index contributed by atoms with van der Waals surface area (Å²) in [6, 6.07) is 7.99. The lowest BCUT2D eigenvalue weighted by molar-refractivity contribution is -0.139. The smallest absolute Gasteiger partial charge is 0.341 e. The first-order valence-electron chi connectivity index (χ1n) is 7.44. The number of hydrogen-bond acceptors (Lipinski definition) is 4. The standard InChI is InChI=1S/C18H14Cl2O5/c1-18(10-2-4-11(21)5-3-10)7-9-6-12(25-8-13(22)23)15(19)16(20)14(9)17(18)24/h2-6,21H,7-8H2,1H3,(H,22,23)/t18-/m1/s1. The van der Waals surface area contributed by atoms with Crippen molar-refractivity contribution in [2.75, 3.05) is 6.61 Å². The number of aromatic hydroxyl groups is 1. The zero-order chi connectivity index (χ0) is 18.4. The van der Waals surface area contributed by atoms with E-state index >= 15 is 0 Å². The van der Waals surface area contributed by atoms with Crippen LogP contribution in [-0.2, 0) is 16.6 Å². The van der Waals surface area contributed by atoms with E-state index in [9.17, 15) is 14.7 Å². The SMILES string of the molecule is C[C@]1(c2ccc(O)cc2)Cc2cc(OCC(=O)O)c(Cl)c(Cl)c2C1=O. The molecule has 0 aromatic heterocycles. The summed E-state index contributed by atoms with van der Waals surface area (Å²) in [4.78, 5) is 23.7. The first-order chi connectivity index (χ1) is 11.7. The van der Waals surface area contributed by atoms with Crippen LogP contribution in [0.25, 0.3) is 0 Å². The second-order valence-corrected chi connectivity index (χ2v) is 6.86. The molecule has 7 heteroatoms. The van der Waals surface area contributed by atoms with Crippen LogP contribution in [0.4, 0.5) is 0 Å². The van der Waals surface area contributed by atoms with Gasteiger partial charge in [0.25, 0.3) is 0 Å². The third-order valence-corrected chi connectivity index (χ3v) is 5.23. The fraction of sp³-hybridized carbons (Fsp3) is 0.222. The zero-order valence-electron chi connectivity index (χ0n) is 13.2. The van der Waals surface area contributed by atoms with Gasteiger partial charge in [-0.25, -0.2) is 4.79 Å². The number of Topliss-reactive ketones (excluding diaryl/α,β-unsaturated/α-hetero) is 1. The molecule has 3 rings (SSSR count). The lowest BCUT2D eigenvalue weighted by atomic mass is 9.79. The molecule has 2 aromatic rings. The molecule has 0 spiro atoms. The Kier molecular flexibility index (Phi) is 4.39. The van der Waals surface area contributed by atoms with Crippen LogP contribution >= 0.6 is 23.2 Å². The number of halogens is 2. The molecule has 0 aliphatic heterocycles. The summed E-state index contributed by atoms with van der Waals surface area (Å²) in [5.41, 5.74) is 0.862. The number of rotatable bonds is 4. The van der Waals surface area contributed by atoms with Crippen LogP contribution in [0.2, 0.25) is 10.0 Å². The molecule has 2 aromatic carbocycles. The van der Waals surface area contributed by atoms with Gasteiger partial charge >= 0.3 is 5.97 Å². The monoisotopic (exact) mass is 380 g/mol. The Morgan fingerprint density at radius 3 is 2.48 bits per heavy atom. The minimum absolute atomic E-state index is 0.0185. The van der Waals surface area contributed by atoms with Crippen LogP contribution in [-0.4, -0.2) is 28.6 Å². The van der Waals surface area contributed by atoms with E-state index in [-0.39, 0.29) is 27.3 Å². The molecule has 2 N–H and O–H groups in total. The number of aliphatic carboxylic acids is 1. The number of phenols is 1. The van der Waals surface area contributed by atoms with Crippen LogP contribution in [0.5, 0.6) is 11.5 Å². The zero-order valence-corrected chi connectivity index (χ0v) is 14.7. The lowest BCUT2D eigenvalue weighted by Crippen LogP contribution is -2.29. The molecular formula is C18H14Cl2O5. The maximum atomic E-state index is 13.0. The van der Waals surface area contributed by atoms with Gasteiger partial charge in [-0.2, -0.15) is 0 Å². The Labute approximate surface area is 153 Å². The second kappa shape index (κ2) is 6.24. The summed E-state index contributed by atoms with van der Waals surface area (Å²) in [6.07, 6.45) is 0.367. The lowest BCUT2D eigenvalue weighted by Gasteiger charge is -2.22. The van der Waals surface area contributed by atoms with Crippen molar-refractivity contribution in [3.05, 3.63) is 57.1 Å². The molecule has 25 heavy (non-hydrogen) atoms. The molecular weight excluding hydrogens is 367 g/mol. The van der Waals surface area contributed by atoms with Crippen molar-refractivity contribution in [3.63, 3.8) is 0 Å². The van der Waals surface area contributed by atoms with Gasteiger partial charge < -0.3 is 14.9 Å². The summed E-state index contributed by atoms with van der Waals surface area (Å²) in [5, 5.41) is 18.3. The van der Waals surface area contributed by atoms with Crippen LogP contribution in [0.1, 0.15) is 28.4 Å². The number of benzene rings is 2. The van der Waals surface area contributed by atoms with Gasteiger partial charge in [-0.3, -0.25) is 4.79 Å². The van der Waals surface area contributed by atoms with E-state index < -0.39 is 18.0 Å². The largest absolute Gasteiger partial charge is 0.508 e. The summed E-state index contributed by atoms with van der Waals surface area (Å²) in [6.45, 7) is 1.24. The second-order valence-electron chi connectivity index (χ2n) is 6.10. The Balaban J connectivity index is 2.04. The van der Waals surface area contributed by atoms with E-state index in [1.54, 1.807) is 25.1 Å². The third kappa shape index (κ3) is 2.94. The predicted molar refractivity (Wildman–Crippen MR) is 93.1 cm³/mol. The highest BCUT2D eigenvalue weighted by molar-refractivity contribution is 6.45. The molecule has 0 saturated carbocycles. The highest BCUT2D eigenvalue weighted by Gasteiger charge is 2.45. The maximum absolute atomic E-state index is 13.0. The van der Waals surface area contributed by atoms with Crippen molar-refractivity contribution in [3.8, 4) is 11.5 Å². The minimum Gasteiger partial charge on any atom is -0.508 e. The molecule has 1 atom stereocenters. The Morgan fingerprint density at radius 1 is 1.24 bits per heavy atom. The van der Waals surface area contributed by atoms with E-state index in [4.69, 9.17) is 33.0 Å². The van der Waals surface area contributed by atoms with Crippen LogP contribution < -0.4 is 4.74 Å². The van der Waals surface area contributed by atoms with Crippen molar-refractivity contribution in [2.24, 2.45) is 0 Å². The number of carbonyl (C=O) groups is 2. The van der Waals surface area contributed by atoms with Gasteiger partial charge in [-0.05, 0) is 42.7 Å². The molecule has 0 amide bonds. The molecule has 0 heterocycles. The summed E-state index contributed by atoms with van der Waals surface area (Å²) < 4.78 is 5.17. The van der Waals surface area contributed by atoms with Crippen LogP contribution in [0.3, 0.4) is 0 Å². The van der Waals surface area contributed by atoms with Gasteiger partial charge in [-0.1, -0.05) is 35.3 Å². The summed E-state index contributed by atoms with van der Waals surface area (Å²) in [5.74, 6) is -1.07. The number of ether oxygens (including phenoxy) is 1. The van der Waals surface area contributed by atoms with Crippen molar-refractivity contribution in [2.45, 2.75) is 18.8 Å². The fourth-order valence-corrected chi connectivity index (χ4v) is 3.59. The topological polar surface area (TPSA) is 83.8 Å². The van der Waals surface area contributed by atoms with E-state index in [0.29, 0.717) is 17.5 Å². The van der Waals surface area contributed by atoms with Crippen molar-refractivity contribution >= 4 is 35.0 Å². The van der Waals surface area contributed by atoms with Crippen molar-refractivity contribution < 1.29 is 24.5 Å². The van der Waals surface area contributed by atoms with Gasteiger partial charge in [0.1, 0.15) is 16.5 Å². The number of hydrogen-bond donors (Lipinski definition) is 2. The van der Waals surface area contributed by atoms with E-state index in [1.807, 2.05) is 0 Å². The molecule has 0 unspecified atom stereocenters. The number of carboxylic acid groups (broad SMARTS) is 1. The van der Waals surface area contributed by atoms with Crippen LogP contribution in [0.15, 0.2) is 30.3 Å². The van der Waals surface area contributed by atoms with E-state index in [0.717, 1.165) is 5.56 Å². The average molecular weight is 381 g/mol. The Hall–Kier alpha value is -2.24. The molecule has 130 valence electrons. The number of ketones is 1. The quantitative estimate of drug-likeness (QED) is 0.840. The molecule has 0 saturated heterocycles. The molecule has 0 bridgehead atoms. The molecule has 0 fully saturated rings. The van der Waals surface area contributed by atoms with E-state index in [2.05, 4.69) is 0 Å². The number of carbonyl (C=O) groups excluding carboxylic acids is 1. The van der Waals surface area contributed by atoms with Gasteiger partial charge in [-0.15, -0.1) is 0 Å². The average Bonchev–Trinajstić information content (AvgIpc) is 2.82. The number of carboxylic acids is 1. The molecule has 1 aliphatic carbocycles. The van der Waals surface area contributed by atoms with Gasteiger partial charge in [0.05, 0.1) is 10.4 Å². The number of phenolic OH excluding ortho intramolecular Hbond substituents is 1. The molecule has 0 radical (unpaired) electrons. The molecule has 1 aliphatic rings. The highest BCUT2D eigenvalue weighted by Crippen LogP contribution is 2.47. The normalized spacial score (nSPS) is 18.9. The highest BCUT2D eigenvalue weighted by atomic mass is 35.5. The van der Waals surface area contributed by atoms with Crippen molar-refractivity contribution in [1.82, 2.24) is 0 Å². The Bertz CT molecular complexity index is 876. The van der Waals surface area contributed by atoms with Crippen LogP contribution in [0, 0.1) is 0 Å². The minimum atomic E-state index is -1.14. The van der Waals surface area contributed by atoms with Gasteiger partial charge in [0.2, 0.25) is 0 Å². The van der Waals surface area contributed by atoms with E-state index in [1.165, 1.54) is 12.1 Å². The first kappa shape index (κ1) is 17.6. The fourth-order valence-electron chi connectivity index (χ4n) is 3.08.